The van der Waals surface area contributed by atoms with Crippen LogP contribution in [0.4, 0.5) is 5.69 Å². The predicted molar refractivity (Wildman–Crippen MR) is 60.0 cm³/mol. The van der Waals surface area contributed by atoms with Crippen LogP contribution in [0.2, 0.25) is 0 Å². The standard InChI is InChI=1S/C12H10N2O2/c13-10-6-2-1-5-9(10)12(15)16-11-7-3-4-8-14-11/h1-8H,13H2. The number of aromatic nitrogens is 1. The van der Waals surface area contributed by atoms with Gasteiger partial charge in [-0.05, 0) is 18.2 Å². The molecule has 0 aliphatic rings. The van der Waals surface area contributed by atoms with Crippen LogP contribution in [0.1, 0.15) is 10.4 Å². The number of pyridine rings is 1. The number of hydrogen-bond acceptors (Lipinski definition) is 4. The van der Waals surface area contributed by atoms with Crippen molar-refractivity contribution in [1.29, 1.82) is 0 Å². The Kier molecular flexibility index (Phi) is 2.82. The van der Waals surface area contributed by atoms with Crippen molar-refractivity contribution in [2.24, 2.45) is 0 Å². The van der Waals surface area contributed by atoms with Crippen LogP contribution in [-0.2, 0) is 0 Å². The van der Waals surface area contributed by atoms with Crippen molar-refractivity contribution in [3.8, 4) is 5.88 Å². The van der Waals surface area contributed by atoms with Crippen molar-refractivity contribution in [1.82, 2.24) is 4.98 Å². The molecule has 0 spiro atoms. The van der Waals surface area contributed by atoms with Gasteiger partial charge in [-0.2, -0.15) is 0 Å². The van der Waals surface area contributed by atoms with Gasteiger partial charge in [0.15, 0.2) is 0 Å². The highest BCUT2D eigenvalue weighted by molar-refractivity contribution is 5.96. The number of anilines is 1. The average molecular weight is 214 g/mol. The first kappa shape index (κ1) is 10.2. The van der Waals surface area contributed by atoms with Crippen LogP contribution in [0.5, 0.6) is 5.88 Å². The second-order valence-corrected chi connectivity index (χ2v) is 3.14. The van der Waals surface area contributed by atoms with Gasteiger partial charge in [0.05, 0.1) is 5.56 Å². The summed E-state index contributed by atoms with van der Waals surface area (Å²) in [7, 11) is 0. The van der Waals surface area contributed by atoms with E-state index in [0.29, 0.717) is 11.3 Å². The van der Waals surface area contributed by atoms with Crippen LogP contribution in [0.25, 0.3) is 0 Å². The van der Waals surface area contributed by atoms with Gasteiger partial charge in [0.2, 0.25) is 5.88 Å². The van der Waals surface area contributed by atoms with E-state index in [4.69, 9.17) is 10.5 Å². The van der Waals surface area contributed by atoms with E-state index in [1.165, 1.54) is 0 Å². The lowest BCUT2D eigenvalue weighted by atomic mass is 10.2. The lowest BCUT2D eigenvalue weighted by molar-refractivity contribution is 0.0728. The summed E-state index contributed by atoms with van der Waals surface area (Å²) in [4.78, 5) is 15.6. The lowest BCUT2D eigenvalue weighted by Gasteiger charge is -2.04. The molecule has 0 fully saturated rings. The molecular weight excluding hydrogens is 204 g/mol. The van der Waals surface area contributed by atoms with Gasteiger partial charge in [-0.1, -0.05) is 18.2 Å². The van der Waals surface area contributed by atoms with Gasteiger partial charge in [0.25, 0.3) is 0 Å². The minimum Gasteiger partial charge on any atom is -0.404 e. The van der Waals surface area contributed by atoms with Crippen LogP contribution < -0.4 is 10.5 Å². The maximum absolute atomic E-state index is 11.7. The normalized spacial score (nSPS) is 9.75. The van der Waals surface area contributed by atoms with Crippen molar-refractivity contribution in [3.63, 3.8) is 0 Å². The molecule has 0 radical (unpaired) electrons. The van der Waals surface area contributed by atoms with Gasteiger partial charge < -0.3 is 10.5 Å². The molecule has 16 heavy (non-hydrogen) atoms. The van der Waals surface area contributed by atoms with E-state index in [9.17, 15) is 4.79 Å². The Morgan fingerprint density at radius 2 is 1.88 bits per heavy atom. The summed E-state index contributed by atoms with van der Waals surface area (Å²) in [5.41, 5.74) is 6.39. The molecule has 0 amide bonds. The third kappa shape index (κ3) is 2.17. The van der Waals surface area contributed by atoms with Crippen LogP contribution in [0.3, 0.4) is 0 Å². The summed E-state index contributed by atoms with van der Waals surface area (Å²) in [5, 5.41) is 0. The van der Waals surface area contributed by atoms with E-state index >= 15 is 0 Å². The molecule has 2 rings (SSSR count). The number of rotatable bonds is 2. The van der Waals surface area contributed by atoms with Gasteiger partial charge in [-0.15, -0.1) is 0 Å². The average Bonchev–Trinajstić information content (AvgIpc) is 2.31. The maximum Gasteiger partial charge on any atom is 0.346 e. The predicted octanol–water partition coefficient (Wildman–Crippen LogP) is 1.88. The van der Waals surface area contributed by atoms with Gasteiger partial charge in [-0.3, -0.25) is 0 Å². The van der Waals surface area contributed by atoms with Crippen LogP contribution in [0.15, 0.2) is 48.7 Å². The molecule has 2 N–H and O–H groups in total. The zero-order valence-corrected chi connectivity index (χ0v) is 8.46. The van der Waals surface area contributed by atoms with Gasteiger partial charge in [0, 0.05) is 18.0 Å². The number of nitrogen functional groups attached to an aromatic ring is 1. The van der Waals surface area contributed by atoms with Gasteiger partial charge >= 0.3 is 5.97 Å². The number of nitrogens with zero attached hydrogens (tertiary/aromatic N) is 1. The molecule has 2 aromatic rings. The Balaban J connectivity index is 2.19. The molecule has 80 valence electrons. The molecule has 0 unspecified atom stereocenters. The first-order chi connectivity index (χ1) is 7.77. The summed E-state index contributed by atoms with van der Waals surface area (Å²) in [6, 6.07) is 11.8. The minimum absolute atomic E-state index is 0.260. The topological polar surface area (TPSA) is 65.2 Å². The fourth-order valence-electron chi connectivity index (χ4n) is 1.24. The van der Waals surface area contributed by atoms with E-state index in [-0.39, 0.29) is 5.88 Å². The fourth-order valence-corrected chi connectivity index (χ4v) is 1.24. The molecule has 4 nitrogen and oxygen atoms in total. The largest absolute Gasteiger partial charge is 0.404 e. The van der Waals surface area contributed by atoms with E-state index in [1.54, 1.807) is 48.7 Å². The van der Waals surface area contributed by atoms with Gasteiger partial charge in [-0.25, -0.2) is 9.78 Å². The van der Waals surface area contributed by atoms with E-state index < -0.39 is 5.97 Å². The third-order valence-corrected chi connectivity index (χ3v) is 2.02. The number of benzene rings is 1. The number of ether oxygens (including phenoxy) is 1. The molecule has 0 aliphatic carbocycles. The lowest BCUT2D eigenvalue weighted by Crippen LogP contribution is -2.11. The van der Waals surface area contributed by atoms with Crippen molar-refractivity contribution < 1.29 is 9.53 Å². The second kappa shape index (κ2) is 4.44. The van der Waals surface area contributed by atoms with Crippen molar-refractivity contribution in [3.05, 3.63) is 54.2 Å². The van der Waals surface area contributed by atoms with E-state index in [2.05, 4.69) is 4.98 Å². The molecule has 1 aromatic heterocycles. The molecule has 0 saturated carbocycles. The summed E-state index contributed by atoms with van der Waals surface area (Å²) < 4.78 is 5.05. The Hall–Kier alpha value is -2.36. The van der Waals surface area contributed by atoms with Crippen molar-refractivity contribution >= 4 is 11.7 Å². The summed E-state index contributed by atoms with van der Waals surface area (Å²) >= 11 is 0. The van der Waals surface area contributed by atoms with Crippen molar-refractivity contribution in [2.75, 3.05) is 5.73 Å². The van der Waals surface area contributed by atoms with Crippen molar-refractivity contribution in [2.45, 2.75) is 0 Å². The van der Waals surface area contributed by atoms with E-state index in [1.807, 2.05) is 0 Å². The molecule has 0 bridgehead atoms. The quantitative estimate of drug-likeness (QED) is 0.612. The Labute approximate surface area is 92.7 Å². The van der Waals surface area contributed by atoms with Crippen LogP contribution in [0, 0.1) is 0 Å². The molecule has 0 aliphatic heterocycles. The summed E-state index contributed by atoms with van der Waals surface area (Å²) in [5.74, 6) is -0.243. The number of hydrogen-bond donors (Lipinski definition) is 1. The molecule has 0 atom stereocenters. The minimum atomic E-state index is -0.503. The monoisotopic (exact) mass is 214 g/mol. The zero-order valence-electron chi connectivity index (χ0n) is 8.46. The second-order valence-electron chi connectivity index (χ2n) is 3.14. The zero-order chi connectivity index (χ0) is 11.4. The van der Waals surface area contributed by atoms with E-state index in [0.717, 1.165) is 0 Å². The van der Waals surface area contributed by atoms with Gasteiger partial charge in [0.1, 0.15) is 0 Å². The summed E-state index contributed by atoms with van der Waals surface area (Å²) in [6.45, 7) is 0. The highest BCUT2D eigenvalue weighted by Gasteiger charge is 2.11. The Bertz CT molecular complexity index is 497. The SMILES string of the molecule is Nc1ccccc1C(=O)Oc1ccccn1. The van der Waals surface area contributed by atoms with Crippen LogP contribution in [-0.4, -0.2) is 11.0 Å². The molecule has 1 heterocycles. The maximum atomic E-state index is 11.7. The molecule has 4 heteroatoms. The fraction of sp³-hybridized carbons (Fsp3) is 0. The van der Waals surface area contributed by atoms with Crippen LogP contribution >= 0.6 is 0 Å². The number of carbonyl (C=O) groups excluding carboxylic acids is 1. The highest BCUT2D eigenvalue weighted by atomic mass is 16.5. The first-order valence-corrected chi connectivity index (χ1v) is 4.75. The Morgan fingerprint density at radius 3 is 2.56 bits per heavy atom. The Morgan fingerprint density at radius 1 is 1.12 bits per heavy atom. The molecular formula is C12H10N2O2. The number of nitrogens with two attached hydrogens (primary N) is 1. The molecule has 0 saturated heterocycles. The summed E-state index contributed by atoms with van der Waals surface area (Å²) in [6.07, 6.45) is 1.55. The number of para-hydroxylation sites is 1. The molecule has 1 aromatic carbocycles. The number of esters is 1. The first-order valence-electron chi connectivity index (χ1n) is 4.75. The third-order valence-electron chi connectivity index (χ3n) is 2.02. The number of carbonyl (C=O) groups is 1. The highest BCUT2D eigenvalue weighted by Crippen LogP contribution is 2.13. The smallest absolute Gasteiger partial charge is 0.346 e.